The maximum atomic E-state index is 12.8. The number of hydrogen-bond acceptors (Lipinski definition) is 7. The molecule has 8 heteroatoms. The molecule has 1 aliphatic rings. The first kappa shape index (κ1) is 15.9. The largest absolute Gasteiger partial charge is 0.493 e. The Morgan fingerprint density at radius 2 is 1.79 bits per heavy atom. The summed E-state index contributed by atoms with van der Waals surface area (Å²) in [6.45, 7) is 0.822. The lowest BCUT2D eigenvalue weighted by Gasteiger charge is -2.18. The van der Waals surface area contributed by atoms with Crippen molar-refractivity contribution in [3.05, 3.63) is 35.2 Å². The fourth-order valence-electron chi connectivity index (χ4n) is 2.70. The number of nitrogen functional groups attached to an aromatic ring is 1. The molecule has 0 fully saturated rings. The van der Waals surface area contributed by atoms with Crippen molar-refractivity contribution in [3.63, 3.8) is 0 Å². The Morgan fingerprint density at radius 1 is 1.12 bits per heavy atom. The summed E-state index contributed by atoms with van der Waals surface area (Å²) in [5.41, 5.74) is 7.70. The first-order chi connectivity index (χ1) is 11.6. The van der Waals surface area contributed by atoms with Gasteiger partial charge in [0.25, 0.3) is 5.91 Å². The molecule has 1 aromatic heterocycles. The van der Waals surface area contributed by atoms with Crippen LogP contribution in [0.3, 0.4) is 0 Å². The number of rotatable bonds is 4. The maximum Gasteiger partial charge on any atom is 0.254 e. The van der Waals surface area contributed by atoms with E-state index >= 15 is 0 Å². The van der Waals surface area contributed by atoms with Gasteiger partial charge in [-0.25, -0.2) is 9.97 Å². The highest BCUT2D eigenvalue weighted by Gasteiger charge is 2.27. The van der Waals surface area contributed by atoms with E-state index in [1.165, 1.54) is 21.3 Å². The van der Waals surface area contributed by atoms with E-state index in [0.29, 0.717) is 35.9 Å². The van der Waals surface area contributed by atoms with Crippen LogP contribution in [0.1, 0.15) is 21.6 Å². The third-order valence-corrected chi connectivity index (χ3v) is 3.87. The highest BCUT2D eigenvalue weighted by atomic mass is 16.5. The lowest BCUT2D eigenvalue weighted by Crippen LogP contribution is -2.25. The molecule has 1 aliphatic heterocycles. The van der Waals surface area contributed by atoms with Crippen LogP contribution in [0, 0.1) is 0 Å². The van der Waals surface area contributed by atoms with Crippen LogP contribution < -0.4 is 19.9 Å². The first-order valence-electron chi connectivity index (χ1n) is 7.27. The number of amides is 1. The summed E-state index contributed by atoms with van der Waals surface area (Å²) in [6.07, 6.45) is 1.65. The molecule has 0 bridgehead atoms. The predicted molar refractivity (Wildman–Crippen MR) is 86.1 cm³/mol. The van der Waals surface area contributed by atoms with E-state index in [2.05, 4.69) is 9.97 Å². The monoisotopic (exact) mass is 330 g/mol. The number of benzene rings is 1. The minimum atomic E-state index is -0.161. The van der Waals surface area contributed by atoms with Crippen LogP contribution in [0.5, 0.6) is 17.2 Å². The molecule has 3 rings (SSSR count). The second kappa shape index (κ2) is 6.23. The van der Waals surface area contributed by atoms with E-state index in [1.54, 1.807) is 23.2 Å². The summed E-state index contributed by atoms with van der Waals surface area (Å²) in [5.74, 6) is 1.35. The number of carbonyl (C=O) groups is 1. The van der Waals surface area contributed by atoms with Gasteiger partial charge in [-0.3, -0.25) is 4.79 Å². The van der Waals surface area contributed by atoms with E-state index in [-0.39, 0.29) is 11.9 Å². The lowest BCUT2D eigenvalue weighted by atomic mass is 10.1. The molecule has 0 saturated heterocycles. The number of fused-ring (bicyclic) bond motifs is 1. The fraction of sp³-hybridized carbons (Fsp3) is 0.312. The Bertz CT molecular complexity index is 769. The molecular weight excluding hydrogens is 312 g/mol. The molecule has 2 aromatic rings. The molecule has 0 radical (unpaired) electrons. The van der Waals surface area contributed by atoms with Gasteiger partial charge in [0.1, 0.15) is 0 Å². The van der Waals surface area contributed by atoms with Crippen LogP contribution in [0.4, 0.5) is 5.95 Å². The maximum absolute atomic E-state index is 12.8. The molecular formula is C16H18N4O4. The fourth-order valence-corrected chi connectivity index (χ4v) is 2.70. The topological polar surface area (TPSA) is 99.8 Å². The van der Waals surface area contributed by atoms with Crippen molar-refractivity contribution < 1.29 is 19.0 Å². The first-order valence-corrected chi connectivity index (χ1v) is 7.27. The van der Waals surface area contributed by atoms with E-state index in [4.69, 9.17) is 19.9 Å². The Hall–Kier alpha value is -3.03. The molecule has 2 N–H and O–H groups in total. The average molecular weight is 330 g/mol. The van der Waals surface area contributed by atoms with Gasteiger partial charge in [-0.1, -0.05) is 0 Å². The average Bonchev–Trinajstić information content (AvgIpc) is 3.02. The van der Waals surface area contributed by atoms with Crippen molar-refractivity contribution in [1.82, 2.24) is 14.9 Å². The summed E-state index contributed by atoms with van der Waals surface area (Å²) >= 11 is 0. The zero-order chi connectivity index (χ0) is 17.3. The summed E-state index contributed by atoms with van der Waals surface area (Å²) in [7, 11) is 4.54. The molecule has 0 saturated carbocycles. The number of carbonyl (C=O) groups excluding carboxylic acids is 1. The molecule has 0 unspecified atom stereocenters. The van der Waals surface area contributed by atoms with Crippen molar-refractivity contribution in [3.8, 4) is 17.2 Å². The Kier molecular flexibility index (Phi) is 4.11. The van der Waals surface area contributed by atoms with Gasteiger partial charge in [0.15, 0.2) is 11.5 Å². The number of aromatic nitrogens is 2. The second-order valence-electron chi connectivity index (χ2n) is 5.28. The molecule has 0 atom stereocenters. The number of anilines is 1. The van der Waals surface area contributed by atoms with Gasteiger partial charge in [0.2, 0.25) is 11.7 Å². The normalized spacial score (nSPS) is 12.7. The highest BCUT2D eigenvalue weighted by Crippen LogP contribution is 2.38. The zero-order valence-corrected chi connectivity index (χ0v) is 13.7. The van der Waals surface area contributed by atoms with E-state index in [9.17, 15) is 4.79 Å². The third-order valence-electron chi connectivity index (χ3n) is 3.87. The number of nitrogens with zero attached hydrogens (tertiary/aromatic N) is 3. The zero-order valence-electron chi connectivity index (χ0n) is 13.7. The molecule has 2 heterocycles. The summed E-state index contributed by atoms with van der Waals surface area (Å²) in [6, 6.07) is 3.26. The molecule has 24 heavy (non-hydrogen) atoms. The van der Waals surface area contributed by atoms with Crippen LogP contribution in [0.2, 0.25) is 0 Å². The summed E-state index contributed by atoms with van der Waals surface area (Å²) < 4.78 is 15.9. The minimum Gasteiger partial charge on any atom is -0.493 e. The quantitative estimate of drug-likeness (QED) is 0.900. The minimum absolute atomic E-state index is 0.161. The van der Waals surface area contributed by atoms with E-state index in [0.717, 1.165) is 11.3 Å². The number of ether oxygens (including phenoxy) is 3. The lowest BCUT2D eigenvalue weighted by molar-refractivity contribution is 0.0749. The van der Waals surface area contributed by atoms with Crippen molar-refractivity contribution in [2.75, 3.05) is 27.1 Å². The van der Waals surface area contributed by atoms with E-state index < -0.39 is 0 Å². The van der Waals surface area contributed by atoms with Gasteiger partial charge in [-0.15, -0.1) is 0 Å². The summed E-state index contributed by atoms with van der Waals surface area (Å²) in [4.78, 5) is 22.6. The number of methoxy groups -OCH3 is 3. The van der Waals surface area contributed by atoms with Crippen molar-refractivity contribution in [1.29, 1.82) is 0 Å². The van der Waals surface area contributed by atoms with Crippen molar-refractivity contribution >= 4 is 11.9 Å². The summed E-state index contributed by atoms with van der Waals surface area (Å²) in [5, 5.41) is 0. The molecule has 8 nitrogen and oxygen atoms in total. The molecule has 0 spiro atoms. The van der Waals surface area contributed by atoms with Gasteiger partial charge in [0.05, 0.1) is 33.6 Å². The van der Waals surface area contributed by atoms with Gasteiger partial charge >= 0.3 is 0 Å². The Balaban J connectivity index is 1.91. The highest BCUT2D eigenvalue weighted by molar-refractivity contribution is 5.96. The predicted octanol–water partition coefficient (Wildman–Crippen LogP) is 1.24. The SMILES string of the molecule is COc1cc(C(=O)N2Cc3cnc(N)nc3C2)cc(OC)c1OC. The molecule has 0 aliphatic carbocycles. The Morgan fingerprint density at radius 3 is 2.38 bits per heavy atom. The van der Waals surface area contributed by atoms with Crippen LogP contribution in [-0.2, 0) is 13.1 Å². The number of nitrogens with two attached hydrogens (primary N) is 1. The molecule has 1 aromatic carbocycles. The van der Waals surface area contributed by atoms with Crippen LogP contribution in [0.15, 0.2) is 18.3 Å². The number of hydrogen-bond donors (Lipinski definition) is 1. The van der Waals surface area contributed by atoms with Crippen molar-refractivity contribution in [2.24, 2.45) is 0 Å². The van der Waals surface area contributed by atoms with Gasteiger partial charge in [0, 0.05) is 23.9 Å². The van der Waals surface area contributed by atoms with Crippen LogP contribution in [-0.4, -0.2) is 42.1 Å². The smallest absolute Gasteiger partial charge is 0.254 e. The second-order valence-corrected chi connectivity index (χ2v) is 5.28. The van der Waals surface area contributed by atoms with Gasteiger partial charge in [-0.2, -0.15) is 0 Å². The molecule has 126 valence electrons. The standard InChI is InChI=1S/C16H18N4O4/c1-22-12-4-9(5-13(23-2)14(12)24-3)15(21)20-7-10-6-18-16(17)19-11(10)8-20/h4-6H,7-8H2,1-3H3,(H2,17,18,19). The van der Waals surface area contributed by atoms with Gasteiger partial charge in [-0.05, 0) is 12.1 Å². The van der Waals surface area contributed by atoms with Crippen LogP contribution >= 0.6 is 0 Å². The van der Waals surface area contributed by atoms with Gasteiger partial charge < -0.3 is 24.8 Å². The van der Waals surface area contributed by atoms with Crippen LogP contribution in [0.25, 0.3) is 0 Å². The van der Waals surface area contributed by atoms with E-state index in [1.807, 2.05) is 0 Å². The third kappa shape index (κ3) is 2.66. The van der Waals surface area contributed by atoms with Crippen molar-refractivity contribution in [2.45, 2.75) is 13.1 Å². The molecule has 1 amide bonds. The Labute approximate surface area is 139 Å².